The normalized spacial score (nSPS) is 23.9. The van der Waals surface area contributed by atoms with E-state index in [0.717, 1.165) is 63.0 Å². The zero-order chi connectivity index (χ0) is 17.0. The van der Waals surface area contributed by atoms with Gasteiger partial charge in [-0.3, -0.25) is 0 Å². The lowest BCUT2D eigenvalue weighted by Gasteiger charge is -2.25. The number of benzene rings is 1. The van der Waals surface area contributed by atoms with E-state index in [-0.39, 0.29) is 5.75 Å². The quantitative estimate of drug-likeness (QED) is 0.651. The molecule has 0 aromatic heterocycles. The molecule has 6 nitrogen and oxygen atoms in total. The summed E-state index contributed by atoms with van der Waals surface area (Å²) >= 11 is 0. The number of phenolic OH excluding ortho intramolecular Hbond substituents is 1. The lowest BCUT2D eigenvalue weighted by molar-refractivity contribution is 0.156. The van der Waals surface area contributed by atoms with E-state index in [1.165, 1.54) is 0 Å². The second kappa shape index (κ2) is 7.30. The van der Waals surface area contributed by atoms with Gasteiger partial charge in [0.1, 0.15) is 11.5 Å². The van der Waals surface area contributed by atoms with E-state index in [1.807, 2.05) is 6.07 Å². The highest BCUT2D eigenvalue weighted by atomic mass is 16.5. The molecule has 0 amide bonds. The van der Waals surface area contributed by atoms with Crippen molar-refractivity contribution in [3.05, 3.63) is 23.8 Å². The van der Waals surface area contributed by atoms with E-state index in [4.69, 9.17) is 14.5 Å². The number of hydrogen-bond donors (Lipinski definition) is 2. The maximum atomic E-state index is 10.0. The van der Waals surface area contributed by atoms with Crippen molar-refractivity contribution in [3.8, 4) is 11.5 Å². The Balaban J connectivity index is 1.72. The van der Waals surface area contributed by atoms with Gasteiger partial charge in [0.25, 0.3) is 0 Å². The van der Waals surface area contributed by atoms with Crippen LogP contribution in [-0.4, -0.2) is 55.9 Å². The van der Waals surface area contributed by atoms with Gasteiger partial charge in [0.05, 0.1) is 20.3 Å². The third-order valence-corrected chi connectivity index (χ3v) is 4.94. The smallest absolute Gasteiger partial charge is 0.194 e. The average molecular weight is 333 g/mol. The summed E-state index contributed by atoms with van der Waals surface area (Å²) in [4.78, 5) is 7.05. The SMILES string of the molecule is CCNC(=NCc1cc(OC)ccc1O)N1CCC2(CCOC2)C1. The summed E-state index contributed by atoms with van der Waals surface area (Å²) in [7, 11) is 1.62. The number of guanidine groups is 1. The van der Waals surface area contributed by atoms with Crippen LogP contribution < -0.4 is 10.1 Å². The zero-order valence-corrected chi connectivity index (χ0v) is 14.5. The number of nitrogens with one attached hydrogen (secondary N) is 1. The topological polar surface area (TPSA) is 66.3 Å². The summed E-state index contributed by atoms with van der Waals surface area (Å²) in [6.07, 6.45) is 2.29. The first-order valence-electron chi connectivity index (χ1n) is 8.63. The minimum absolute atomic E-state index is 0.248. The summed E-state index contributed by atoms with van der Waals surface area (Å²) in [5.41, 5.74) is 1.07. The number of rotatable bonds is 4. The van der Waals surface area contributed by atoms with E-state index >= 15 is 0 Å². The Hall–Kier alpha value is -1.95. The maximum absolute atomic E-state index is 10.0. The molecule has 6 heteroatoms. The Morgan fingerprint density at radius 3 is 3.04 bits per heavy atom. The van der Waals surface area contributed by atoms with E-state index in [0.29, 0.717) is 12.0 Å². The first kappa shape index (κ1) is 16.9. The highest BCUT2D eigenvalue weighted by molar-refractivity contribution is 5.80. The standard InChI is InChI=1S/C18H27N3O3/c1-3-19-17(21-8-6-18(12-21)7-9-24-13-18)20-11-14-10-15(23-2)4-5-16(14)22/h4-5,10,22H,3,6-9,11-13H2,1-2H3,(H,19,20). The molecular weight excluding hydrogens is 306 g/mol. The van der Waals surface area contributed by atoms with Crippen LogP contribution in [0.25, 0.3) is 0 Å². The van der Waals surface area contributed by atoms with Gasteiger partial charge in [-0.05, 0) is 38.0 Å². The van der Waals surface area contributed by atoms with Gasteiger partial charge in [-0.25, -0.2) is 4.99 Å². The fraction of sp³-hybridized carbons (Fsp3) is 0.611. The van der Waals surface area contributed by atoms with E-state index < -0.39 is 0 Å². The van der Waals surface area contributed by atoms with Crippen LogP contribution in [0.2, 0.25) is 0 Å². The summed E-state index contributed by atoms with van der Waals surface area (Å²) in [6, 6.07) is 5.23. The van der Waals surface area contributed by atoms with E-state index in [9.17, 15) is 5.11 Å². The van der Waals surface area contributed by atoms with Gasteiger partial charge in [0.2, 0.25) is 0 Å². The maximum Gasteiger partial charge on any atom is 0.194 e. The number of likely N-dealkylation sites (tertiary alicyclic amines) is 1. The lowest BCUT2D eigenvalue weighted by Crippen LogP contribution is -2.41. The van der Waals surface area contributed by atoms with Gasteiger partial charge in [-0.2, -0.15) is 0 Å². The molecule has 2 saturated heterocycles. The van der Waals surface area contributed by atoms with Crippen molar-refractivity contribution in [1.29, 1.82) is 0 Å². The van der Waals surface area contributed by atoms with Crippen LogP contribution in [0.1, 0.15) is 25.3 Å². The average Bonchev–Trinajstić information content (AvgIpc) is 3.23. The highest BCUT2D eigenvalue weighted by Gasteiger charge is 2.42. The third-order valence-electron chi connectivity index (χ3n) is 4.94. The van der Waals surface area contributed by atoms with Crippen LogP contribution in [0.5, 0.6) is 11.5 Å². The first-order chi connectivity index (χ1) is 11.7. The predicted octanol–water partition coefficient (Wildman–Crippen LogP) is 1.98. The predicted molar refractivity (Wildman–Crippen MR) is 93.5 cm³/mol. The zero-order valence-electron chi connectivity index (χ0n) is 14.5. The fourth-order valence-electron chi connectivity index (χ4n) is 3.49. The molecule has 0 saturated carbocycles. The van der Waals surface area contributed by atoms with Gasteiger partial charge in [0, 0.05) is 37.2 Å². The van der Waals surface area contributed by atoms with Crippen LogP contribution in [0.4, 0.5) is 0 Å². The molecule has 2 aliphatic heterocycles. The third kappa shape index (κ3) is 3.59. The minimum Gasteiger partial charge on any atom is -0.508 e. The number of hydrogen-bond acceptors (Lipinski definition) is 4. The molecular formula is C18H27N3O3. The molecule has 1 aromatic carbocycles. The number of aliphatic imine (C=N–C) groups is 1. The molecule has 0 radical (unpaired) electrons. The Bertz CT molecular complexity index is 597. The van der Waals surface area contributed by atoms with Crippen molar-refractivity contribution in [1.82, 2.24) is 10.2 Å². The molecule has 0 bridgehead atoms. The number of aromatic hydroxyl groups is 1. The van der Waals surface area contributed by atoms with Gasteiger partial charge in [-0.15, -0.1) is 0 Å². The van der Waals surface area contributed by atoms with Gasteiger partial charge in [-0.1, -0.05) is 0 Å². The summed E-state index contributed by atoms with van der Waals surface area (Å²) in [5.74, 6) is 1.88. The van der Waals surface area contributed by atoms with Crippen LogP contribution in [0, 0.1) is 5.41 Å². The van der Waals surface area contributed by atoms with Gasteiger partial charge < -0.3 is 24.8 Å². The number of ether oxygens (including phenoxy) is 2. The van der Waals surface area contributed by atoms with Crippen molar-refractivity contribution in [3.63, 3.8) is 0 Å². The molecule has 2 N–H and O–H groups in total. The van der Waals surface area contributed by atoms with E-state index in [2.05, 4.69) is 17.1 Å². The summed E-state index contributed by atoms with van der Waals surface area (Å²) in [5, 5.41) is 13.4. The number of methoxy groups -OCH3 is 1. The lowest BCUT2D eigenvalue weighted by atomic mass is 9.87. The molecule has 1 atom stereocenters. The van der Waals surface area contributed by atoms with Crippen molar-refractivity contribution < 1.29 is 14.6 Å². The van der Waals surface area contributed by atoms with Crippen LogP contribution in [0.3, 0.4) is 0 Å². The molecule has 2 fully saturated rings. The van der Waals surface area contributed by atoms with Crippen molar-refractivity contribution in [2.24, 2.45) is 10.4 Å². The van der Waals surface area contributed by atoms with Crippen LogP contribution in [0.15, 0.2) is 23.2 Å². The van der Waals surface area contributed by atoms with Crippen LogP contribution >= 0.6 is 0 Å². The first-order valence-corrected chi connectivity index (χ1v) is 8.63. The number of nitrogens with zero attached hydrogens (tertiary/aromatic N) is 2. The number of phenols is 1. The van der Waals surface area contributed by atoms with Crippen LogP contribution in [-0.2, 0) is 11.3 Å². The molecule has 24 heavy (non-hydrogen) atoms. The van der Waals surface area contributed by atoms with Gasteiger partial charge >= 0.3 is 0 Å². The fourth-order valence-corrected chi connectivity index (χ4v) is 3.49. The molecule has 1 aromatic rings. The second-order valence-corrected chi connectivity index (χ2v) is 6.64. The Morgan fingerprint density at radius 1 is 1.46 bits per heavy atom. The molecule has 3 rings (SSSR count). The molecule has 1 unspecified atom stereocenters. The highest BCUT2D eigenvalue weighted by Crippen LogP contribution is 2.38. The van der Waals surface area contributed by atoms with E-state index in [1.54, 1.807) is 19.2 Å². The molecule has 0 aliphatic carbocycles. The minimum atomic E-state index is 0.248. The Kier molecular flexibility index (Phi) is 5.14. The van der Waals surface area contributed by atoms with Crippen molar-refractivity contribution in [2.75, 3.05) is 40.0 Å². The molecule has 2 aliphatic rings. The Labute approximate surface area is 143 Å². The summed E-state index contributed by atoms with van der Waals surface area (Å²) in [6.45, 7) is 7.04. The monoisotopic (exact) mass is 333 g/mol. The van der Waals surface area contributed by atoms with Crippen molar-refractivity contribution >= 4 is 5.96 Å². The van der Waals surface area contributed by atoms with Gasteiger partial charge in [0.15, 0.2) is 5.96 Å². The Morgan fingerprint density at radius 2 is 2.33 bits per heavy atom. The molecule has 2 heterocycles. The largest absolute Gasteiger partial charge is 0.508 e. The summed E-state index contributed by atoms with van der Waals surface area (Å²) < 4.78 is 10.8. The van der Waals surface area contributed by atoms with Crippen molar-refractivity contribution in [2.45, 2.75) is 26.3 Å². The second-order valence-electron chi connectivity index (χ2n) is 6.64. The molecule has 1 spiro atoms. The molecule has 132 valence electrons.